The maximum atomic E-state index is 14.2. The number of nitrogens with zero attached hydrogens (tertiary/aromatic N) is 5. The molecule has 49 heavy (non-hydrogen) atoms. The number of imidazole rings is 1. The van der Waals surface area contributed by atoms with Gasteiger partial charge in [-0.3, -0.25) is 9.47 Å². The molecule has 1 atom stereocenters. The Morgan fingerprint density at radius 2 is 1.47 bits per heavy atom. The molecule has 3 heterocycles. The molecular weight excluding hydrogens is 667 g/mol. The largest absolute Gasteiger partial charge is 0.490 e. The van der Waals surface area contributed by atoms with Crippen LogP contribution in [0.5, 0.6) is 17.5 Å². The lowest BCUT2D eigenvalue weighted by Gasteiger charge is -2.36. The molecule has 6 rings (SSSR count). The van der Waals surface area contributed by atoms with Gasteiger partial charge in [0.25, 0.3) is 0 Å². The second-order valence-corrected chi connectivity index (χ2v) is 11.5. The summed E-state index contributed by atoms with van der Waals surface area (Å²) < 4.78 is 113. The molecule has 10 nitrogen and oxygen atoms in total. The molecule has 1 saturated heterocycles. The number of halogens is 7. The Labute approximate surface area is 274 Å². The Balaban J connectivity index is 0.949. The molecule has 260 valence electrons. The summed E-state index contributed by atoms with van der Waals surface area (Å²) in [5.74, 6) is -8.88. The van der Waals surface area contributed by atoms with Crippen molar-refractivity contribution < 1.29 is 49.9 Å². The van der Waals surface area contributed by atoms with Gasteiger partial charge in [0.1, 0.15) is 42.6 Å². The minimum Gasteiger partial charge on any atom is -0.490 e. The number of hydrogen-bond acceptors (Lipinski definition) is 8. The van der Waals surface area contributed by atoms with E-state index in [1.807, 2.05) is 24.3 Å². The normalized spacial score (nSPS) is 16.6. The van der Waals surface area contributed by atoms with Crippen molar-refractivity contribution in [2.24, 2.45) is 0 Å². The van der Waals surface area contributed by atoms with Gasteiger partial charge in [0.05, 0.1) is 5.56 Å². The molecule has 1 fully saturated rings. The van der Waals surface area contributed by atoms with Gasteiger partial charge in [0.15, 0.2) is 23.3 Å². The number of nitro groups is 1. The van der Waals surface area contributed by atoms with Crippen LogP contribution in [0.3, 0.4) is 0 Å². The van der Waals surface area contributed by atoms with Gasteiger partial charge in [-0.1, -0.05) is 12.1 Å². The van der Waals surface area contributed by atoms with Crippen LogP contribution < -0.4 is 19.1 Å². The van der Waals surface area contributed by atoms with E-state index in [1.165, 1.54) is 18.3 Å². The smallest absolute Gasteiger partial charge is 0.422 e. The minimum absolute atomic E-state index is 0.102. The number of piperazine rings is 1. The molecule has 1 aromatic heterocycles. The highest BCUT2D eigenvalue weighted by Gasteiger charge is 2.42. The van der Waals surface area contributed by atoms with Crippen LogP contribution in [0.25, 0.3) is 0 Å². The predicted octanol–water partition coefficient (Wildman–Crippen LogP) is 6.50. The molecule has 2 aliphatic rings. The molecule has 0 aliphatic carbocycles. The minimum atomic E-state index is -5.61. The summed E-state index contributed by atoms with van der Waals surface area (Å²) in [4.78, 5) is 18.7. The third kappa shape index (κ3) is 7.50. The lowest BCUT2D eigenvalue weighted by molar-refractivity contribution is -0.389. The monoisotopic (exact) mass is 695 g/mol. The Kier molecular flexibility index (Phi) is 9.54. The van der Waals surface area contributed by atoms with E-state index in [-0.39, 0.29) is 30.3 Å². The van der Waals surface area contributed by atoms with Crippen LogP contribution in [0, 0.1) is 33.4 Å². The van der Waals surface area contributed by atoms with E-state index in [9.17, 15) is 40.8 Å². The van der Waals surface area contributed by atoms with Gasteiger partial charge in [0.2, 0.25) is 0 Å². The second kappa shape index (κ2) is 13.8. The molecule has 0 bridgehead atoms. The van der Waals surface area contributed by atoms with Gasteiger partial charge in [-0.05, 0) is 46.9 Å². The average Bonchev–Trinajstić information content (AvgIpc) is 3.51. The zero-order valence-electron chi connectivity index (χ0n) is 25.6. The fourth-order valence-corrected chi connectivity index (χ4v) is 5.60. The van der Waals surface area contributed by atoms with Gasteiger partial charge in [-0.2, -0.15) is 13.2 Å². The molecule has 4 aromatic rings. The average molecular weight is 696 g/mol. The van der Waals surface area contributed by atoms with Crippen molar-refractivity contribution in [3.8, 4) is 17.5 Å². The van der Waals surface area contributed by atoms with Crippen molar-refractivity contribution >= 4 is 11.5 Å². The SMILES string of the molecule is O=[N+]([O-])c1cn2c(n1)O[C@H](COc1ccc(N3CCN(Cc4ccc(OCc5c(F)c(F)c(C(F)(F)F)c(F)c5F)cc4)CC3)cc1)CC2. The van der Waals surface area contributed by atoms with Crippen molar-refractivity contribution in [1.29, 1.82) is 0 Å². The van der Waals surface area contributed by atoms with E-state index in [2.05, 4.69) is 14.8 Å². The molecule has 0 radical (unpaired) electrons. The van der Waals surface area contributed by atoms with Crippen LogP contribution in [0.15, 0.2) is 54.7 Å². The van der Waals surface area contributed by atoms with E-state index in [1.54, 1.807) is 16.7 Å². The van der Waals surface area contributed by atoms with Gasteiger partial charge >= 0.3 is 18.0 Å². The van der Waals surface area contributed by atoms with Crippen LogP contribution in [0.4, 0.5) is 42.2 Å². The van der Waals surface area contributed by atoms with Crippen molar-refractivity contribution in [2.45, 2.75) is 38.4 Å². The van der Waals surface area contributed by atoms with Gasteiger partial charge < -0.3 is 29.2 Å². The maximum absolute atomic E-state index is 14.2. The Bertz CT molecular complexity index is 1780. The summed E-state index contributed by atoms with van der Waals surface area (Å²) in [5.41, 5.74) is -1.99. The lowest BCUT2D eigenvalue weighted by Crippen LogP contribution is -2.45. The van der Waals surface area contributed by atoms with E-state index >= 15 is 0 Å². The first-order valence-corrected chi connectivity index (χ1v) is 15.1. The highest BCUT2D eigenvalue weighted by Crippen LogP contribution is 2.37. The quantitative estimate of drug-likeness (QED) is 0.0804. The first kappa shape index (κ1) is 33.8. The van der Waals surface area contributed by atoms with E-state index < -0.39 is 52.1 Å². The van der Waals surface area contributed by atoms with Crippen molar-refractivity contribution in [1.82, 2.24) is 14.5 Å². The van der Waals surface area contributed by atoms with Gasteiger partial charge in [0, 0.05) is 56.4 Å². The molecule has 0 saturated carbocycles. The maximum Gasteiger partial charge on any atom is 0.422 e. The Hall–Kier alpha value is -5.06. The Morgan fingerprint density at radius 3 is 2.08 bits per heavy atom. The molecule has 3 aromatic carbocycles. The zero-order chi connectivity index (χ0) is 34.9. The molecule has 0 amide bonds. The number of ether oxygens (including phenoxy) is 3. The number of rotatable bonds is 10. The number of hydrogen-bond donors (Lipinski definition) is 0. The first-order chi connectivity index (χ1) is 23.4. The second-order valence-electron chi connectivity index (χ2n) is 11.5. The summed E-state index contributed by atoms with van der Waals surface area (Å²) in [5, 5.41) is 10.9. The third-order valence-corrected chi connectivity index (χ3v) is 8.24. The number of anilines is 1. The number of fused-ring (bicyclic) bond motifs is 1. The van der Waals surface area contributed by atoms with E-state index in [4.69, 9.17) is 14.2 Å². The molecule has 0 N–H and O–H groups in total. The summed E-state index contributed by atoms with van der Waals surface area (Å²) in [7, 11) is 0. The first-order valence-electron chi connectivity index (χ1n) is 15.1. The highest BCUT2D eigenvalue weighted by molar-refractivity contribution is 5.49. The fourth-order valence-electron chi connectivity index (χ4n) is 5.60. The summed E-state index contributed by atoms with van der Waals surface area (Å²) in [6.07, 6.45) is -3.92. The molecular formula is C32H28F7N5O5. The number of benzene rings is 3. The van der Waals surface area contributed by atoms with Crippen LogP contribution in [0.2, 0.25) is 0 Å². The topological polar surface area (TPSA) is 95.1 Å². The zero-order valence-corrected chi connectivity index (χ0v) is 25.6. The summed E-state index contributed by atoms with van der Waals surface area (Å²) in [6.45, 7) is 3.41. The fraction of sp³-hybridized carbons (Fsp3) is 0.344. The highest BCUT2D eigenvalue weighted by atomic mass is 19.4. The number of alkyl halides is 3. The number of aromatic nitrogens is 2. The van der Waals surface area contributed by atoms with E-state index in [0.717, 1.165) is 37.4 Å². The lowest BCUT2D eigenvalue weighted by atomic mass is 10.1. The van der Waals surface area contributed by atoms with Crippen molar-refractivity contribution in [3.05, 3.63) is 105 Å². The van der Waals surface area contributed by atoms with Gasteiger partial charge in [-0.25, -0.2) is 17.6 Å². The molecule has 0 spiro atoms. The van der Waals surface area contributed by atoms with Crippen molar-refractivity contribution in [2.75, 3.05) is 37.7 Å². The number of aryl methyl sites for hydroxylation is 1. The van der Waals surface area contributed by atoms with Crippen LogP contribution in [-0.4, -0.2) is 58.3 Å². The van der Waals surface area contributed by atoms with Crippen molar-refractivity contribution in [3.63, 3.8) is 0 Å². The predicted molar refractivity (Wildman–Crippen MR) is 159 cm³/mol. The van der Waals surface area contributed by atoms with Gasteiger partial charge in [-0.15, -0.1) is 0 Å². The molecule has 17 heteroatoms. The Morgan fingerprint density at radius 1 is 0.857 bits per heavy atom. The van der Waals surface area contributed by atoms with Crippen LogP contribution in [0.1, 0.15) is 23.1 Å². The van der Waals surface area contributed by atoms with Crippen LogP contribution >= 0.6 is 0 Å². The van der Waals surface area contributed by atoms with Crippen LogP contribution in [-0.2, 0) is 25.9 Å². The third-order valence-electron chi connectivity index (χ3n) is 8.24. The van der Waals surface area contributed by atoms with E-state index in [0.29, 0.717) is 25.3 Å². The standard InChI is InChI=1S/C32H28F7N5O5/c33-27-24(28(34)30(36)26(29(27)35)32(37,38)39)18-48-21-5-1-19(2-6-21)15-41-11-13-42(14-12-41)20-3-7-22(8-4-20)47-17-23-9-10-43-16-25(44(45)46)40-31(43)49-23/h1-8,16,23H,9-15,17-18H2/t23-/m0/s1. The molecule has 0 unspecified atom stereocenters. The molecule has 2 aliphatic heterocycles. The summed E-state index contributed by atoms with van der Waals surface area (Å²) in [6, 6.07) is 14.3. The summed E-state index contributed by atoms with van der Waals surface area (Å²) >= 11 is 0.